The zero-order chi connectivity index (χ0) is 30.0. The van der Waals surface area contributed by atoms with Crippen molar-refractivity contribution in [2.24, 2.45) is 0 Å². The van der Waals surface area contributed by atoms with Crippen molar-refractivity contribution in [3.05, 3.63) is 42.1 Å². The van der Waals surface area contributed by atoms with Crippen molar-refractivity contribution in [3.8, 4) is 11.4 Å². The number of carbonyl (C=O) groups excluding carboxylic acids is 2. The van der Waals surface area contributed by atoms with Gasteiger partial charge in [-0.25, -0.2) is 14.8 Å². The van der Waals surface area contributed by atoms with E-state index in [4.69, 9.17) is 9.05 Å². The van der Waals surface area contributed by atoms with Crippen molar-refractivity contribution in [2.75, 3.05) is 50.9 Å². The van der Waals surface area contributed by atoms with Gasteiger partial charge in [0.2, 0.25) is 5.91 Å². The Morgan fingerprint density at radius 2 is 1.61 bits per heavy atom. The average molecular weight is 591 g/mol. The van der Waals surface area contributed by atoms with Crippen LogP contribution in [0.5, 0.6) is 0 Å². The predicted molar refractivity (Wildman–Crippen MR) is 154 cm³/mol. The van der Waals surface area contributed by atoms with E-state index in [-0.39, 0.29) is 63.7 Å². The molecule has 1 atom stereocenters. The molecule has 2 aromatic rings. The lowest BCUT2D eigenvalue weighted by Gasteiger charge is -2.35. The minimum absolute atomic E-state index is 0.0191. The molecular formula is C27H39N6O7P. The van der Waals surface area contributed by atoms with Crippen LogP contribution < -0.4 is 10.6 Å². The van der Waals surface area contributed by atoms with E-state index in [1.807, 2.05) is 44.2 Å². The molecule has 41 heavy (non-hydrogen) atoms. The highest BCUT2D eigenvalue weighted by molar-refractivity contribution is 7.53. The van der Waals surface area contributed by atoms with E-state index in [9.17, 15) is 24.1 Å². The second-order valence-electron chi connectivity index (χ2n) is 9.71. The molecule has 0 radical (unpaired) electrons. The summed E-state index contributed by atoms with van der Waals surface area (Å²) in [5.41, 5.74) is 0.764. The van der Waals surface area contributed by atoms with Crippen LogP contribution in [-0.2, 0) is 18.4 Å². The van der Waals surface area contributed by atoms with Gasteiger partial charge in [0.1, 0.15) is 17.6 Å². The number of benzene rings is 1. The standard InChI is InChI=1S/C27H39N6O7P/c1-5-39-41(38,40-6-2)17-12-21(26(35)32-13-15-33(16-14-32)27(36)37)30-25(34)22-18-23(28-19(3)4)31-24(29-22)20-10-8-7-9-11-20/h7-11,18-19,21H,5-6,12-17H2,1-4H3,(H,30,34)(H,36,37)(H,28,29,31)/t21-/m0/s1. The van der Waals surface area contributed by atoms with Crippen molar-refractivity contribution in [1.29, 1.82) is 0 Å². The van der Waals surface area contributed by atoms with E-state index in [1.165, 1.54) is 15.9 Å². The Morgan fingerprint density at radius 1 is 1.00 bits per heavy atom. The third-order valence-electron chi connectivity index (χ3n) is 6.24. The third-order valence-corrected chi connectivity index (χ3v) is 8.34. The normalized spacial score (nSPS) is 14.6. The number of anilines is 1. The number of carbonyl (C=O) groups is 3. The highest BCUT2D eigenvalue weighted by Gasteiger charge is 2.33. The zero-order valence-electron chi connectivity index (χ0n) is 23.9. The molecule has 0 spiro atoms. The van der Waals surface area contributed by atoms with Crippen LogP contribution in [0.2, 0.25) is 0 Å². The molecule has 3 amide bonds. The molecule has 1 fully saturated rings. The molecule has 0 unspecified atom stereocenters. The first-order valence-corrected chi connectivity index (χ1v) is 15.4. The van der Waals surface area contributed by atoms with Crippen LogP contribution in [0.25, 0.3) is 11.4 Å². The van der Waals surface area contributed by atoms with Gasteiger partial charge in [0.15, 0.2) is 5.82 Å². The molecule has 0 saturated carbocycles. The summed E-state index contributed by atoms with van der Waals surface area (Å²) in [5, 5.41) is 15.2. The highest BCUT2D eigenvalue weighted by Crippen LogP contribution is 2.48. The summed E-state index contributed by atoms with van der Waals surface area (Å²) in [7, 11) is -3.51. The Balaban J connectivity index is 1.88. The largest absolute Gasteiger partial charge is 0.465 e. The number of hydrogen-bond donors (Lipinski definition) is 3. The van der Waals surface area contributed by atoms with Crippen LogP contribution >= 0.6 is 7.60 Å². The molecule has 1 aromatic carbocycles. The first kappa shape index (κ1) is 32.0. The fraction of sp³-hybridized carbons (Fsp3) is 0.519. The Bertz CT molecular complexity index is 1230. The molecule has 1 aromatic heterocycles. The van der Waals surface area contributed by atoms with Gasteiger partial charge in [0.25, 0.3) is 5.91 Å². The van der Waals surface area contributed by atoms with E-state index in [2.05, 4.69) is 20.6 Å². The summed E-state index contributed by atoms with van der Waals surface area (Å²) >= 11 is 0. The first-order valence-electron chi connectivity index (χ1n) is 13.7. The Morgan fingerprint density at radius 3 is 2.17 bits per heavy atom. The van der Waals surface area contributed by atoms with Gasteiger partial charge < -0.3 is 34.6 Å². The van der Waals surface area contributed by atoms with E-state index >= 15 is 0 Å². The maximum absolute atomic E-state index is 13.6. The Kier molecular flexibility index (Phi) is 11.6. The molecule has 13 nitrogen and oxygen atoms in total. The number of aromatic nitrogens is 2. The quantitative estimate of drug-likeness (QED) is 0.294. The number of piperazine rings is 1. The van der Waals surface area contributed by atoms with Crippen LogP contribution in [0.4, 0.5) is 10.6 Å². The van der Waals surface area contributed by atoms with Crippen LogP contribution in [0.15, 0.2) is 36.4 Å². The fourth-order valence-corrected chi connectivity index (χ4v) is 6.02. The van der Waals surface area contributed by atoms with Crippen LogP contribution in [0.3, 0.4) is 0 Å². The summed E-state index contributed by atoms with van der Waals surface area (Å²) in [6.45, 7) is 8.22. The minimum Gasteiger partial charge on any atom is -0.465 e. The van der Waals surface area contributed by atoms with E-state index < -0.39 is 31.5 Å². The van der Waals surface area contributed by atoms with Gasteiger partial charge in [0, 0.05) is 43.9 Å². The highest BCUT2D eigenvalue weighted by atomic mass is 31.2. The Hall–Kier alpha value is -3.54. The van der Waals surface area contributed by atoms with Gasteiger partial charge in [-0.05, 0) is 34.1 Å². The third kappa shape index (κ3) is 9.24. The molecule has 3 rings (SSSR count). The van der Waals surface area contributed by atoms with Crippen LogP contribution in [0, 0.1) is 0 Å². The second kappa shape index (κ2) is 14.9. The number of carboxylic acid groups (broad SMARTS) is 1. The molecule has 224 valence electrons. The first-order chi connectivity index (χ1) is 19.5. The number of nitrogens with zero attached hydrogens (tertiary/aromatic N) is 4. The molecule has 2 heterocycles. The maximum Gasteiger partial charge on any atom is 0.407 e. The van der Waals surface area contributed by atoms with Crippen molar-refractivity contribution >= 4 is 31.3 Å². The smallest absolute Gasteiger partial charge is 0.407 e. The van der Waals surface area contributed by atoms with Crippen molar-refractivity contribution < 1.29 is 33.1 Å². The van der Waals surface area contributed by atoms with Crippen molar-refractivity contribution in [1.82, 2.24) is 25.1 Å². The summed E-state index contributed by atoms with van der Waals surface area (Å²) < 4.78 is 23.9. The number of hydrogen-bond acceptors (Lipinski definition) is 9. The van der Waals surface area contributed by atoms with E-state index in [0.717, 1.165) is 0 Å². The van der Waals surface area contributed by atoms with E-state index in [0.29, 0.717) is 17.2 Å². The molecule has 0 aliphatic carbocycles. The molecule has 1 aliphatic rings. The predicted octanol–water partition coefficient (Wildman–Crippen LogP) is 3.54. The summed E-state index contributed by atoms with van der Waals surface area (Å²) in [4.78, 5) is 50.2. The van der Waals surface area contributed by atoms with Crippen molar-refractivity contribution in [3.63, 3.8) is 0 Å². The SMILES string of the molecule is CCOP(=O)(CC[C@H](NC(=O)c1cc(NC(C)C)nc(-c2ccccc2)n1)C(=O)N1CCN(C(=O)O)CC1)OCC. The van der Waals surface area contributed by atoms with Gasteiger partial charge in [-0.3, -0.25) is 14.2 Å². The lowest BCUT2D eigenvalue weighted by molar-refractivity contribution is -0.134. The molecule has 14 heteroatoms. The summed E-state index contributed by atoms with van der Waals surface area (Å²) in [5.74, 6) is -0.238. The van der Waals surface area contributed by atoms with Gasteiger partial charge in [-0.1, -0.05) is 30.3 Å². The molecule has 0 bridgehead atoms. The molecule has 1 saturated heterocycles. The van der Waals surface area contributed by atoms with Crippen molar-refractivity contribution in [2.45, 2.75) is 46.2 Å². The molecular weight excluding hydrogens is 551 g/mol. The molecule has 1 aliphatic heterocycles. The average Bonchev–Trinajstić information content (AvgIpc) is 2.95. The van der Waals surface area contributed by atoms with Gasteiger partial charge >= 0.3 is 13.7 Å². The topological polar surface area (TPSA) is 163 Å². The summed E-state index contributed by atoms with van der Waals surface area (Å²) in [6, 6.07) is 9.68. The second-order valence-corrected chi connectivity index (χ2v) is 11.9. The minimum atomic E-state index is -3.51. The monoisotopic (exact) mass is 590 g/mol. The lowest BCUT2D eigenvalue weighted by atomic mass is 10.1. The number of amides is 3. The lowest BCUT2D eigenvalue weighted by Crippen LogP contribution is -2.56. The van der Waals surface area contributed by atoms with Gasteiger partial charge in [0.05, 0.1) is 19.4 Å². The summed E-state index contributed by atoms with van der Waals surface area (Å²) in [6.07, 6.45) is -1.17. The fourth-order valence-electron chi connectivity index (χ4n) is 4.32. The van der Waals surface area contributed by atoms with Gasteiger partial charge in [-0.2, -0.15) is 0 Å². The van der Waals surface area contributed by atoms with Gasteiger partial charge in [-0.15, -0.1) is 0 Å². The molecule has 3 N–H and O–H groups in total. The number of rotatable bonds is 13. The number of nitrogens with one attached hydrogen (secondary N) is 2. The van der Waals surface area contributed by atoms with Crippen LogP contribution in [0.1, 0.15) is 44.6 Å². The zero-order valence-corrected chi connectivity index (χ0v) is 24.8. The maximum atomic E-state index is 13.6. The Labute approximate surface area is 240 Å². The van der Waals surface area contributed by atoms with E-state index in [1.54, 1.807) is 13.8 Å². The van der Waals surface area contributed by atoms with Crippen LogP contribution in [-0.4, -0.2) is 100 Å².